The van der Waals surface area contributed by atoms with Crippen LogP contribution in [0.5, 0.6) is 0 Å². The molecule has 5 nitrogen and oxygen atoms in total. The average molecular weight is 355 g/mol. The van der Waals surface area contributed by atoms with Crippen molar-refractivity contribution in [2.75, 3.05) is 0 Å². The minimum atomic E-state index is -0.610. The smallest absolute Gasteiger partial charge is 0.283 e. The molecule has 0 fully saturated rings. The quantitative estimate of drug-likeness (QED) is 0.535. The summed E-state index contributed by atoms with van der Waals surface area (Å²) in [6.07, 6.45) is 0. The molecule has 0 saturated heterocycles. The molecule has 0 saturated carbocycles. The Bertz CT molecular complexity index is 972. The summed E-state index contributed by atoms with van der Waals surface area (Å²) in [6, 6.07) is 17.5. The number of fused-ring (bicyclic) bond motifs is 1. The van der Waals surface area contributed by atoms with Crippen LogP contribution in [0.1, 0.15) is 28.9 Å². The van der Waals surface area contributed by atoms with Gasteiger partial charge in [-0.25, -0.2) is 0 Å². The molecule has 0 aliphatic heterocycles. The third-order valence-corrected chi connectivity index (χ3v) is 4.26. The van der Waals surface area contributed by atoms with Crippen LogP contribution in [0.4, 0.5) is 5.69 Å². The number of nitrogens with one attached hydrogen (secondary N) is 1. The van der Waals surface area contributed by atoms with Crippen molar-refractivity contribution in [3.8, 4) is 0 Å². The Kier molecular flexibility index (Phi) is 4.67. The van der Waals surface area contributed by atoms with Crippen LogP contribution >= 0.6 is 11.6 Å². The van der Waals surface area contributed by atoms with Gasteiger partial charge in [-0.3, -0.25) is 14.9 Å². The predicted molar refractivity (Wildman–Crippen MR) is 97.9 cm³/mol. The number of hydrogen-bond donors (Lipinski definition) is 1. The zero-order valence-corrected chi connectivity index (χ0v) is 14.2. The Morgan fingerprint density at radius 3 is 2.52 bits per heavy atom. The molecule has 3 aromatic carbocycles. The fourth-order valence-corrected chi connectivity index (χ4v) is 2.85. The van der Waals surface area contributed by atoms with Crippen molar-refractivity contribution >= 4 is 34.0 Å². The second-order valence-electron chi connectivity index (χ2n) is 5.72. The van der Waals surface area contributed by atoms with E-state index in [9.17, 15) is 14.9 Å². The summed E-state index contributed by atoms with van der Waals surface area (Å²) in [4.78, 5) is 23.0. The lowest BCUT2D eigenvalue weighted by Gasteiger charge is -2.15. The summed E-state index contributed by atoms with van der Waals surface area (Å²) in [6.45, 7) is 1.84. The van der Waals surface area contributed by atoms with E-state index in [1.807, 2.05) is 49.4 Å². The first-order valence-corrected chi connectivity index (χ1v) is 8.07. The SMILES string of the molecule is CC(NC(=O)c1ccc(Cl)cc1[N+](=O)[O-])c1ccc2ccccc2c1. The van der Waals surface area contributed by atoms with E-state index >= 15 is 0 Å². The molecule has 0 bridgehead atoms. The van der Waals surface area contributed by atoms with Crippen LogP contribution in [0.3, 0.4) is 0 Å². The molecule has 0 aliphatic rings. The molecule has 0 aliphatic carbocycles. The van der Waals surface area contributed by atoms with E-state index in [-0.39, 0.29) is 22.3 Å². The largest absolute Gasteiger partial charge is 0.345 e. The number of nitrogens with zero attached hydrogens (tertiary/aromatic N) is 1. The second-order valence-corrected chi connectivity index (χ2v) is 6.16. The van der Waals surface area contributed by atoms with Gasteiger partial charge in [0.2, 0.25) is 0 Å². The highest BCUT2D eigenvalue weighted by Crippen LogP contribution is 2.25. The monoisotopic (exact) mass is 354 g/mol. The van der Waals surface area contributed by atoms with Gasteiger partial charge in [-0.15, -0.1) is 0 Å². The molecule has 1 atom stereocenters. The highest BCUT2D eigenvalue weighted by atomic mass is 35.5. The minimum absolute atomic E-state index is 0.0120. The third-order valence-electron chi connectivity index (χ3n) is 4.02. The molecule has 0 aromatic heterocycles. The highest BCUT2D eigenvalue weighted by molar-refractivity contribution is 6.31. The fourth-order valence-electron chi connectivity index (χ4n) is 2.68. The Hall–Kier alpha value is -2.92. The highest BCUT2D eigenvalue weighted by Gasteiger charge is 2.22. The van der Waals surface area contributed by atoms with Gasteiger partial charge in [0, 0.05) is 11.1 Å². The maximum absolute atomic E-state index is 12.5. The molecule has 3 rings (SSSR count). The number of rotatable bonds is 4. The summed E-state index contributed by atoms with van der Waals surface area (Å²) >= 11 is 5.79. The maximum atomic E-state index is 12.5. The normalized spacial score (nSPS) is 11.9. The van der Waals surface area contributed by atoms with E-state index in [2.05, 4.69) is 5.32 Å². The lowest BCUT2D eigenvalue weighted by molar-refractivity contribution is -0.385. The number of nitro groups is 1. The minimum Gasteiger partial charge on any atom is -0.345 e. The number of carbonyl (C=O) groups is 1. The first-order valence-electron chi connectivity index (χ1n) is 7.69. The Balaban J connectivity index is 1.86. The summed E-state index contributed by atoms with van der Waals surface area (Å²) in [5, 5.41) is 16.3. The number of amides is 1. The van der Waals surface area contributed by atoms with Gasteiger partial charge in [-0.2, -0.15) is 0 Å². The molecule has 1 unspecified atom stereocenters. The van der Waals surface area contributed by atoms with Gasteiger partial charge < -0.3 is 5.32 Å². The zero-order chi connectivity index (χ0) is 18.0. The van der Waals surface area contributed by atoms with Gasteiger partial charge in [0.25, 0.3) is 11.6 Å². The molecular formula is C19H15ClN2O3. The van der Waals surface area contributed by atoms with E-state index in [0.717, 1.165) is 16.3 Å². The van der Waals surface area contributed by atoms with E-state index in [4.69, 9.17) is 11.6 Å². The van der Waals surface area contributed by atoms with Crippen LogP contribution in [0.15, 0.2) is 60.7 Å². The van der Waals surface area contributed by atoms with Gasteiger partial charge >= 0.3 is 0 Å². The summed E-state index contributed by atoms with van der Waals surface area (Å²) in [5.74, 6) is -0.510. The van der Waals surface area contributed by atoms with Crippen molar-refractivity contribution < 1.29 is 9.72 Å². The lowest BCUT2D eigenvalue weighted by Crippen LogP contribution is -2.27. The van der Waals surface area contributed by atoms with Crippen molar-refractivity contribution in [3.05, 3.63) is 86.9 Å². The Labute approximate surface area is 149 Å². The first-order chi connectivity index (χ1) is 12.0. The number of halogens is 1. The van der Waals surface area contributed by atoms with Crippen molar-refractivity contribution in [3.63, 3.8) is 0 Å². The van der Waals surface area contributed by atoms with Crippen LogP contribution in [-0.2, 0) is 0 Å². The summed E-state index contributed by atoms with van der Waals surface area (Å²) < 4.78 is 0. The number of nitro benzene ring substituents is 1. The molecule has 1 N–H and O–H groups in total. The Morgan fingerprint density at radius 2 is 1.80 bits per heavy atom. The van der Waals surface area contributed by atoms with E-state index in [0.29, 0.717) is 0 Å². The van der Waals surface area contributed by atoms with E-state index in [1.165, 1.54) is 18.2 Å². The van der Waals surface area contributed by atoms with Crippen molar-refractivity contribution in [1.29, 1.82) is 0 Å². The topological polar surface area (TPSA) is 72.2 Å². The molecule has 3 aromatic rings. The second kappa shape index (κ2) is 6.91. The van der Waals surface area contributed by atoms with E-state index in [1.54, 1.807) is 0 Å². The van der Waals surface area contributed by atoms with Crippen molar-refractivity contribution in [2.24, 2.45) is 0 Å². The molecule has 0 spiro atoms. The van der Waals surface area contributed by atoms with Gasteiger partial charge in [-0.1, -0.05) is 48.0 Å². The maximum Gasteiger partial charge on any atom is 0.283 e. The van der Waals surface area contributed by atoms with Gasteiger partial charge in [0.15, 0.2) is 0 Å². The standard InChI is InChI=1S/C19H15ClN2O3/c1-12(14-7-6-13-4-2-3-5-15(13)10-14)21-19(23)17-9-8-16(20)11-18(17)22(24)25/h2-12H,1H3,(H,21,23). The van der Waals surface area contributed by atoms with Gasteiger partial charge in [0.1, 0.15) is 5.56 Å². The first kappa shape index (κ1) is 16.9. The van der Waals surface area contributed by atoms with Crippen LogP contribution in [0.2, 0.25) is 5.02 Å². The number of hydrogen-bond acceptors (Lipinski definition) is 3. The van der Waals surface area contributed by atoms with E-state index < -0.39 is 10.8 Å². The van der Waals surface area contributed by atoms with Crippen molar-refractivity contribution in [2.45, 2.75) is 13.0 Å². The Morgan fingerprint density at radius 1 is 1.08 bits per heavy atom. The summed E-state index contributed by atoms with van der Waals surface area (Å²) in [7, 11) is 0. The molecule has 25 heavy (non-hydrogen) atoms. The molecule has 0 radical (unpaired) electrons. The van der Waals surface area contributed by atoms with Crippen LogP contribution in [-0.4, -0.2) is 10.8 Å². The molecule has 126 valence electrons. The zero-order valence-electron chi connectivity index (χ0n) is 13.4. The molecule has 0 heterocycles. The van der Waals surface area contributed by atoms with Crippen LogP contribution in [0.25, 0.3) is 10.8 Å². The van der Waals surface area contributed by atoms with Crippen LogP contribution < -0.4 is 5.32 Å². The fraction of sp³-hybridized carbons (Fsp3) is 0.105. The number of benzene rings is 3. The molecule has 6 heteroatoms. The van der Waals surface area contributed by atoms with Crippen molar-refractivity contribution in [1.82, 2.24) is 5.32 Å². The number of carbonyl (C=O) groups excluding carboxylic acids is 1. The molecule has 1 amide bonds. The summed E-state index contributed by atoms with van der Waals surface area (Å²) in [5.41, 5.74) is 0.599. The third kappa shape index (κ3) is 3.61. The predicted octanol–water partition coefficient (Wildman–Crippen LogP) is 4.89. The van der Waals surface area contributed by atoms with Gasteiger partial charge in [0.05, 0.1) is 11.0 Å². The average Bonchev–Trinajstić information content (AvgIpc) is 2.61. The van der Waals surface area contributed by atoms with Crippen LogP contribution in [0, 0.1) is 10.1 Å². The van der Waals surface area contributed by atoms with Gasteiger partial charge in [-0.05, 0) is 41.5 Å². The molecular weight excluding hydrogens is 340 g/mol. The lowest BCUT2D eigenvalue weighted by atomic mass is 10.0.